The predicted octanol–water partition coefficient (Wildman–Crippen LogP) is -0.556. The van der Waals surface area contributed by atoms with Gasteiger partial charge in [-0.15, -0.1) is 0 Å². The zero-order valence-corrected chi connectivity index (χ0v) is 12.8. The first-order chi connectivity index (χ1) is 10.5. The highest BCUT2D eigenvalue weighted by molar-refractivity contribution is 5.95. The van der Waals surface area contributed by atoms with Crippen LogP contribution >= 0.6 is 0 Å². The molecule has 3 rings (SSSR count). The fourth-order valence-electron chi connectivity index (χ4n) is 3.09. The molecule has 2 saturated heterocycles. The minimum Gasteiger partial charge on any atom is -0.359 e. The Morgan fingerprint density at radius 2 is 2.00 bits per heavy atom. The largest absolute Gasteiger partial charge is 0.359 e. The van der Waals surface area contributed by atoms with Crippen LogP contribution in [0.15, 0.2) is 18.5 Å². The molecule has 1 unspecified atom stereocenters. The van der Waals surface area contributed by atoms with E-state index in [0.29, 0.717) is 25.2 Å². The summed E-state index contributed by atoms with van der Waals surface area (Å²) in [6, 6.07) is 1.83. The van der Waals surface area contributed by atoms with Crippen LogP contribution in [-0.4, -0.2) is 64.8 Å². The summed E-state index contributed by atoms with van der Waals surface area (Å²) in [6.07, 6.45) is 3.89. The van der Waals surface area contributed by atoms with Crippen LogP contribution in [0, 0.1) is 5.92 Å². The van der Waals surface area contributed by atoms with Gasteiger partial charge in [-0.1, -0.05) is 0 Å². The number of hydrogen-bond donors (Lipinski definition) is 1. The molecule has 0 radical (unpaired) electrons. The molecule has 118 valence electrons. The second-order valence-corrected chi connectivity index (χ2v) is 5.99. The van der Waals surface area contributed by atoms with Crippen molar-refractivity contribution in [3.8, 4) is 0 Å². The molecule has 1 N–H and O–H groups in total. The van der Waals surface area contributed by atoms with E-state index in [9.17, 15) is 14.4 Å². The summed E-state index contributed by atoms with van der Waals surface area (Å²) in [7, 11) is 3.45. The minimum atomic E-state index is -0.267. The van der Waals surface area contributed by atoms with Crippen molar-refractivity contribution >= 4 is 17.7 Å². The molecular weight excluding hydrogens is 284 g/mol. The maximum atomic E-state index is 12.2. The number of aryl methyl sites for hydroxylation is 1. The van der Waals surface area contributed by atoms with Gasteiger partial charge in [0, 0.05) is 52.5 Å². The molecule has 22 heavy (non-hydrogen) atoms. The molecule has 2 aliphatic heterocycles. The van der Waals surface area contributed by atoms with Gasteiger partial charge in [0.15, 0.2) is 0 Å². The molecule has 3 heterocycles. The SMILES string of the molecule is CNC(=O)C1CC(=O)N(C2CN(C(=O)c3ccn(C)c3)C2)C1. The van der Waals surface area contributed by atoms with E-state index in [4.69, 9.17) is 0 Å². The Labute approximate surface area is 128 Å². The monoisotopic (exact) mass is 304 g/mol. The highest BCUT2D eigenvalue weighted by atomic mass is 16.2. The number of carbonyl (C=O) groups excluding carboxylic acids is 3. The lowest BCUT2D eigenvalue weighted by atomic mass is 10.1. The molecule has 0 saturated carbocycles. The van der Waals surface area contributed by atoms with Crippen molar-refractivity contribution in [3.05, 3.63) is 24.0 Å². The molecule has 2 aliphatic rings. The fraction of sp³-hybridized carbons (Fsp3) is 0.533. The summed E-state index contributed by atoms with van der Waals surface area (Å²) in [4.78, 5) is 39.4. The number of hydrogen-bond acceptors (Lipinski definition) is 3. The van der Waals surface area contributed by atoms with Crippen LogP contribution in [0.3, 0.4) is 0 Å². The molecule has 2 fully saturated rings. The standard InChI is InChI=1S/C15H20N4O3/c1-16-14(21)11-5-13(20)19(7-11)12-8-18(9-12)15(22)10-3-4-17(2)6-10/h3-4,6,11-12H,5,7-9H2,1-2H3,(H,16,21). The number of nitrogens with one attached hydrogen (secondary N) is 1. The van der Waals surface area contributed by atoms with E-state index in [1.807, 2.05) is 17.8 Å². The maximum absolute atomic E-state index is 12.2. The summed E-state index contributed by atoms with van der Waals surface area (Å²) in [5, 5.41) is 2.59. The summed E-state index contributed by atoms with van der Waals surface area (Å²) >= 11 is 0. The molecule has 1 atom stereocenters. The van der Waals surface area contributed by atoms with E-state index < -0.39 is 0 Å². The van der Waals surface area contributed by atoms with Gasteiger partial charge < -0.3 is 19.7 Å². The van der Waals surface area contributed by atoms with Gasteiger partial charge in [0.2, 0.25) is 11.8 Å². The van der Waals surface area contributed by atoms with Crippen LogP contribution in [0.1, 0.15) is 16.8 Å². The molecular formula is C15H20N4O3. The van der Waals surface area contributed by atoms with Gasteiger partial charge in [-0.2, -0.15) is 0 Å². The lowest BCUT2D eigenvalue weighted by molar-refractivity contribution is -0.132. The third kappa shape index (κ3) is 2.47. The number of rotatable bonds is 3. The number of amides is 3. The Kier molecular flexibility index (Phi) is 3.64. The normalized spacial score (nSPS) is 21.9. The maximum Gasteiger partial charge on any atom is 0.255 e. The molecule has 1 aromatic rings. The van der Waals surface area contributed by atoms with Crippen molar-refractivity contribution in [2.24, 2.45) is 13.0 Å². The molecule has 0 bridgehead atoms. The molecule has 3 amide bonds. The number of nitrogens with zero attached hydrogens (tertiary/aromatic N) is 3. The van der Waals surface area contributed by atoms with E-state index in [-0.39, 0.29) is 36.1 Å². The Morgan fingerprint density at radius 1 is 1.27 bits per heavy atom. The molecule has 0 aliphatic carbocycles. The van der Waals surface area contributed by atoms with E-state index in [0.717, 1.165) is 0 Å². The lowest BCUT2D eigenvalue weighted by Crippen LogP contribution is -2.61. The highest BCUT2D eigenvalue weighted by Crippen LogP contribution is 2.26. The van der Waals surface area contributed by atoms with Crippen LogP contribution in [0.5, 0.6) is 0 Å². The van der Waals surface area contributed by atoms with Crippen molar-refractivity contribution in [1.29, 1.82) is 0 Å². The quantitative estimate of drug-likeness (QED) is 0.814. The summed E-state index contributed by atoms with van der Waals surface area (Å²) in [5.74, 6) is -0.361. The Balaban J connectivity index is 1.56. The molecule has 0 spiro atoms. The number of likely N-dealkylation sites (tertiary alicyclic amines) is 2. The lowest BCUT2D eigenvalue weighted by Gasteiger charge is -2.44. The van der Waals surface area contributed by atoms with E-state index in [1.54, 1.807) is 29.1 Å². The van der Waals surface area contributed by atoms with E-state index in [1.165, 1.54) is 0 Å². The van der Waals surface area contributed by atoms with E-state index >= 15 is 0 Å². The van der Waals surface area contributed by atoms with Crippen molar-refractivity contribution in [1.82, 2.24) is 19.7 Å². The Morgan fingerprint density at radius 3 is 2.59 bits per heavy atom. The Bertz CT molecular complexity index is 618. The Hall–Kier alpha value is -2.31. The fourth-order valence-corrected chi connectivity index (χ4v) is 3.09. The first-order valence-corrected chi connectivity index (χ1v) is 7.42. The van der Waals surface area contributed by atoms with Crippen LogP contribution in [0.25, 0.3) is 0 Å². The molecule has 0 aromatic carbocycles. The van der Waals surface area contributed by atoms with Gasteiger partial charge in [-0.3, -0.25) is 14.4 Å². The average molecular weight is 304 g/mol. The van der Waals surface area contributed by atoms with Gasteiger partial charge in [0.1, 0.15) is 0 Å². The topological polar surface area (TPSA) is 74.7 Å². The highest BCUT2D eigenvalue weighted by Gasteiger charge is 2.43. The van der Waals surface area contributed by atoms with Gasteiger partial charge in [-0.25, -0.2) is 0 Å². The molecule has 1 aromatic heterocycles. The average Bonchev–Trinajstić information content (AvgIpc) is 3.03. The smallest absolute Gasteiger partial charge is 0.255 e. The summed E-state index contributed by atoms with van der Waals surface area (Å²) < 4.78 is 1.84. The zero-order valence-electron chi connectivity index (χ0n) is 12.8. The molecule has 7 heteroatoms. The minimum absolute atomic E-state index is 0.00501. The third-order valence-electron chi connectivity index (χ3n) is 4.44. The van der Waals surface area contributed by atoms with Gasteiger partial charge in [-0.05, 0) is 6.07 Å². The third-order valence-corrected chi connectivity index (χ3v) is 4.44. The van der Waals surface area contributed by atoms with Crippen molar-refractivity contribution in [3.63, 3.8) is 0 Å². The van der Waals surface area contributed by atoms with Gasteiger partial charge in [0.25, 0.3) is 5.91 Å². The number of carbonyl (C=O) groups is 3. The van der Waals surface area contributed by atoms with Gasteiger partial charge in [0.05, 0.1) is 17.5 Å². The predicted molar refractivity (Wildman–Crippen MR) is 79.0 cm³/mol. The number of aromatic nitrogens is 1. The van der Waals surface area contributed by atoms with Crippen molar-refractivity contribution in [2.45, 2.75) is 12.5 Å². The summed E-state index contributed by atoms with van der Waals surface area (Å²) in [5.41, 5.74) is 0.664. The first kappa shape index (κ1) is 14.6. The summed E-state index contributed by atoms with van der Waals surface area (Å²) in [6.45, 7) is 1.54. The van der Waals surface area contributed by atoms with Crippen molar-refractivity contribution in [2.75, 3.05) is 26.7 Å². The van der Waals surface area contributed by atoms with Gasteiger partial charge >= 0.3 is 0 Å². The second-order valence-electron chi connectivity index (χ2n) is 5.99. The van der Waals surface area contributed by atoms with E-state index in [2.05, 4.69) is 5.32 Å². The van der Waals surface area contributed by atoms with Crippen LogP contribution in [-0.2, 0) is 16.6 Å². The zero-order chi connectivity index (χ0) is 15.9. The van der Waals surface area contributed by atoms with Crippen LogP contribution < -0.4 is 5.32 Å². The van der Waals surface area contributed by atoms with Crippen molar-refractivity contribution < 1.29 is 14.4 Å². The first-order valence-electron chi connectivity index (χ1n) is 7.42. The second kappa shape index (κ2) is 5.47. The van der Waals surface area contributed by atoms with Crippen LogP contribution in [0.2, 0.25) is 0 Å². The molecule has 7 nitrogen and oxygen atoms in total. The van der Waals surface area contributed by atoms with Crippen LogP contribution in [0.4, 0.5) is 0 Å².